The third-order valence-electron chi connectivity index (χ3n) is 3.84. The van der Waals surface area contributed by atoms with Gasteiger partial charge in [-0.05, 0) is 48.9 Å². The number of aryl methyl sites for hydroxylation is 2. The van der Waals surface area contributed by atoms with Crippen molar-refractivity contribution in [3.8, 4) is 11.3 Å². The Morgan fingerprint density at radius 2 is 1.95 bits per heavy atom. The van der Waals surface area contributed by atoms with Crippen LogP contribution in [0, 0.1) is 0 Å². The molecule has 1 aliphatic rings. The summed E-state index contributed by atoms with van der Waals surface area (Å²) in [6.07, 6.45) is 5.75. The van der Waals surface area contributed by atoms with Crippen molar-refractivity contribution in [3.05, 3.63) is 47.4 Å². The molecule has 0 spiro atoms. The highest BCUT2D eigenvalue weighted by Crippen LogP contribution is 2.26. The fraction of sp³-hybridized carbons (Fsp3) is 0.375. The Hall–Kier alpha value is -1.78. The highest BCUT2D eigenvalue weighted by Gasteiger charge is 2.13. The number of benzene rings is 1. The van der Waals surface area contributed by atoms with E-state index in [9.17, 15) is 5.11 Å². The molecule has 1 heterocycles. The number of nitrogens with two attached hydrogens (primary N) is 1. The molecule has 0 aliphatic heterocycles. The zero-order valence-electron chi connectivity index (χ0n) is 11.4. The number of fused-ring (bicyclic) bond motifs is 1. The van der Waals surface area contributed by atoms with Crippen molar-refractivity contribution in [1.29, 1.82) is 0 Å². The van der Waals surface area contributed by atoms with Gasteiger partial charge in [-0.3, -0.25) is 0 Å². The average molecular weight is 269 g/mol. The normalized spacial score (nSPS) is 15.7. The summed E-state index contributed by atoms with van der Waals surface area (Å²) < 4.78 is 0. The Morgan fingerprint density at radius 1 is 1.15 bits per heavy atom. The Balaban J connectivity index is 1.96. The molecule has 1 aliphatic carbocycles. The van der Waals surface area contributed by atoms with Crippen molar-refractivity contribution >= 4 is 0 Å². The lowest BCUT2D eigenvalue weighted by atomic mass is 9.90. The van der Waals surface area contributed by atoms with Gasteiger partial charge in [0, 0.05) is 18.3 Å². The van der Waals surface area contributed by atoms with Gasteiger partial charge in [0.1, 0.15) is 6.10 Å². The first-order valence-corrected chi connectivity index (χ1v) is 7.11. The molecule has 0 amide bonds. The van der Waals surface area contributed by atoms with Crippen molar-refractivity contribution in [1.82, 2.24) is 9.97 Å². The van der Waals surface area contributed by atoms with Crippen LogP contribution in [-0.4, -0.2) is 21.6 Å². The van der Waals surface area contributed by atoms with E-state index in [-0.39, 0.29) is 6.54 Å². The van der Waals surface area contributed by atoms with Gasteiger partial charge in [-0.2, -0.15) is 0 Å². The lowest BCUT2D eigenvalue weighted by Crippen LogP contribution is -2.14. The largest absolute Gasteiger partial charge is 0.384 e. The molecule has 0 radical (unpaired) electrons. The van der Waals surface area contributed by atoms with Gasteiger partial charge in [0.05, 0.1) is 5.69 Å². The Bertz CT molecular complexity index is 612. The molecule has 1 aromatic carbocycles. The summed E-state index contributed by atoms with van der Waals surface area (Å²) in [4.78, 5) is 8.50. The van der Waals surface area contributed by atoms with E-state index in [1.165, 1.54) is 30.4 Å². The van der Waals surface area contributed by atoms with Gasteiger partial charge in [-0.15, -0.1) is 0 Å². The van der Waals surface area contributed by atoms with E-state index in [1.54, 1.807) is 6.20 Å². The van der Waals surface area contributed by atoms with E-state index >= 15 is 0 Å². The molecule has 3 rings (SSSR count). The molecule has 4 heteroatoms. The molecule has 0 bridgehead atoms. The summed E-state index contributed by atoms with van der Waals surface area (Å²) in [5.41, 5.74) is 10.3. The third-order valence-corrected chi connectivity index (χ3v) is 3.84. The average Bonchev–Trinajstić information content (AvgIpc) is 2.53. The Morgan fingerprint density at radius 3 is 2.75 bits per heavy atom. The van der Waals surface area contributed by atoms with E-state index in [4.69, 9.17) is 5.73 Å². The second-order valence-electron chi connectivity index (χ2n) is 5.24. The lowest BCUT2D eigenvalue weighted by molar-refractivity contribution is 0.176. The summed E-state index contributed by atoms with van der Waals surface area (Å²) >= 11 is 0. The molecule has 20 heavy (non-hydrogen) atoms. The molecule has 1 atom stereocenters. The quantitative estimate of drug-likeness (QED) is 0.894. The lowest BCUT2D eigenvalue weighted by Gasteiger charge is -2.16. The zero-order valence-corrected chi connectivity index (χ0v) is 11.4. The van der Waals surface area contributed by atoms with Crippen LogP contribution in [0.1, 0.15) is 35.9 Å². The SMILES string of the molecule is NCC(O)c1nccc(-c2ccc3c(c2)CCCC3)n1. The summed E-state index contributed by atoms with van der Waals surface area (Å²) in [5.74, 6) is 0.391. The van der Waals surface area contributed by atoms with Crippen LogP contribution < -0.4 is 5.73 Å². The minimum Gasteiger partial charge on any atom is -0.384 e. The van der Waals surface area contributed by atoms with Crippen LogP contribution in [0.25, 0.3) is 11.3 Å². The molecule has 1 aromatic heterocycles. The fourth-order valence-electron chi connectivity index (χ4n) is 2.69. The molecule has 0 saturated carbocycles. The Labute approximate surface area is 118 Å². The van der Waals surface area contributed by atoms with Crippen molar-refractivity contribution in [3.63, 3.8) is 0 Å². The monoisotopic (exact) mass is 269 g/mol. The van der Waals surface area contributed by atoms with Crippen LogP contribution in [0.4, 0.5) is 0 Å². The molecule has 104 valence electrons. The maximum Gasteiger partial charge on any atom is 0.158 e. The number of aromatic nitrogens is 2. The van der Waals surface area contributed by atoms with Gasteiger partial charge < -0.3 is 10.8 Å². The van der Waals surface area contributed by atoms with Crippen molar-refractivity contribution in [2.24, 2.45) is 5.73 Å². The summed E-state index contributed by atoms with van der Waals surface area (Å²) in [7, 11) is 0. The van der Waals surface area contributed by atoms with Gasteiger partial charge in [0.25, 0.3) is 0 Å². The molecule has 3 N–H and O–H groups in total. The van der Waals surface area contributed by atoms with E-state index in [0.717, 1.165) is 17.7 Å². The van der Waals surface area contributed by atoms with E-state index in [1.807, 2.05) is 6.07 Å². The van der Waals surface area contributed by atoms with E-state index in [0.29, 0.717) is 5.82 Å². The number of hydrogen-bond donors (Lipinski definition) is 2. The van der Waals surface area contributed by atoms with Crippen molar-refractivity contribution in [2.75, 3.05) is 6.54 Å². The number of aliphatic hydroxyl groups is 1. The minimum absolute atomic E-state index is 0.133. The fourth-order valence-corrected chi connectivity index (χ4v) is 2.69. The van der Waals surface area contributed by atoms with Gasteiger partial charge in [-0.1, -0.05) is 12.1 Å². The third kappa shape index (κ3) is 2.57. The zero-order chi connectivity index (χ0) is 13.9. The van der Waals surface area contributed by atoms with Crippen LogP contribution in [0.5, 0.6) is 0 Å². The van der Waals surface area contributed by atoms with Crippen LogP contribution in [0.2, 0.25) is 0 Å². The van der Waals surface area contributed by atoms with Gasteiger partial charge in [0.2, 0.25) is 0 Å². The van der Waals surface area contributed by atoms with Crippen LogP contribution >= 0.6 is 0 Å². The smallest absolute Gasteiger partial charge is 0.158 e. The highest BCUT2D eigenvalue weighted by molar-refractivity contribution is 5.61. The maximum atomic E-state index is 9.74. The van der Waals surface area contributed by atoms with Crippen molar-refractivity contribution in [2.45, 2.75) is 31.8 Å². The molecule has 4 nitrogen and oxygen atoms in total. The van der Waals surface area contributed by atoms with E-state index in [2.05, 4.69) is 28.2 Å². The number of aliphatic hydroxyl groups excluding tert-OH is 1. The standard InChI is InChI=1S/C16H19N3O/c17-10-15(20)16-18-8-7-14(19-16)13-6-5-11-3-1-2-4-12(11)9-13/h5-9,15,20H,1-4,10,17H2. The van der Waals surface area contributed by atoms with Crippen molar-refractivity contribution < 1.29 is 5.11 Å². The molecule has 2 aromatic rings. The van der Waals surface area contributed by atoms with Gasteiger partial charge in [0.15, 0.2) is 5.82 Å². The second-order valence-corrected chi connectivity index (χ2v) is 5.24. The molecule has 1 unspecified atom stereocenters. The number of hydrogen-bond acceptors (Lipinski definition) is 4. The maximum absolute atomic E-state index is 9.74. The molecule has 0 fully saturated rings. The predicted molar refractivity (Wildman–Crippen MR) is 78.1 cm³/mol. The van der Waals surface area contributed by atoms with Crippen LogP contribution in [0.3, 0.4) is 0 Å². The number of nitrogens with zero attached hydrogens (tertiary/aromatic N) is 2. The summed E-state index contributed by atoms with van der Waals surface area (Å²) in [5, 5.41) is 9.74. The first-order chi connectivity index (χ1) is 9.78. The van der Waals surface area contributed by atoms with E-state index < -0.39 is 6.10 Å². The van der Waals surface area contributed by atoms with Gasteiger partial charge >= 0.3 is 0 Å². The minimum atomic E-state index is -0.799. The summed E-state index contributed by atoms with van der Waals surface area (Å²) in [6, 6.07) is 8.39. The molecule has 0 saturated heterocycles. The summed E-state index contributed by atoms with van der Waals surface area (Å²) in [6.45, 7) is 0.133. The molecular weight excluding hydrogens is 250 g/mol. The predicted octanol–water partition coefficient (Wildman–Crippen LogP) is 2.01. The van der Waals surface area contributed by atoms with Crippen LogP contribution in [0.15, 0.2) is 30.5 Å². The highest BCUT2D eigenvalue weighted by atomic mass is 16.3. The second kappa shape index (κ2) is 5.69. The van der Waals surface area contributed by atoms with Crippen LogP contribution in [-0.2, 0) is 12.8 Å². The number of rotatable bonds is 3. The topological polar surface area (TPSA) is 72.0 Å². The first kappa shape index (κ1) is 13.2. The Kier molecular flexibility index (Phi) is 3.76. The first-order valence-electron chi connectivity index (χ1n) is 7.11. The van der Waals surface area contributed by atoms with Gasteiger partial charge in [-0.25, -0.2) is 9.97 Å². The molecular formula is C16H19N3O.